The molecule has 1 amide bonds. The Labute approximate surface area is 123 Å². The average molecular weight is 329 g/mol. The minimum atomic E-state index is -4.28. The van der Waals surface area contributed by atoms with Crippen LogP contribution in [-0.4, -0.2) is 25.8 Å². The molecule has 0 radical (unpaired) electrons. The van der Waals surface area contributed by atoms with E-state index in [0.717, 1.165) is 0 Å². The number of carbonyl (C=O) groups excluding carboxylic acids is 1. The van der Waals surface area contributed by atoms with Gasteiger partial charge in [-0.3, -0.25) is 9.52 Å². The van der Waals surface area contributed by atoms with Crippen LogP contribution in [0.15, 0.2) is 0 Å². The smallest absolute Gasteiger partial charge is 0.273 e. The van der Waals surface area contributed by atoms with Crippen LogP contribution in [0.2, 0.25) is 0 Å². The van der Waals surface area contributed by atoms with E-state index in [1.54, 1.807) is 20.8 Å². The lowest BCUT2D eigenvalue weighted by Crippen LogP contribution is -2.46. The van der Waals surface area contributed by atoms with Gasteiger partial charge in [0, 0.05) is 5.41 Å². The molecular formula is C13H22F3NO3S. The molecule has 0 aromatic carbocycles. The van der Waals surface area contributed by atoms with E-state index in [1.165, 1.54) is 0 Å². The van der Waals surface area contributed by atoms with Crippen LogP contribution in [0.25, 0.3) is 0 Å². The largest absolute Gasteiger partial charge is 0.391 e. The van der Waals surface area contributed by atoms with Crippen molar-refractivity contribution >= 4 is 15.9 Å². The zero-order chi connectivity index (χ0) is 16.5. The highest BCUT2D eigenvalue weighted by Gasteiger charge is 2.44. The second kappa shape index (κ2) is 6.14. The van der Waals surface area contributed by atoms with Crippen molar-refractivity contribution in [1.29, 1.82) is 0 Å². The lowest BCUT2D eigenvalue weighted by molar-refractivity contribution is -0.181. The van der Waals surface area contributed by atoms with E-state index in [0.29, 0.717) is 6.42 Å². The summed E-state index contributed by atoms with van der Waals surface area (Å²) in [7, 11) is -3.91. The number of nitrogens with one attached hydrogen (secondary N) is 1. The standard InChI is InChI=1S/C13H22F3NO3S/c1-4-12(2,3)11(18)17-21(19,20)10-7-5-9(6-8-10)13(14,15)16/h9-10H,4-8H2,1-3H3,(H,17,18). The van der Waals surface area contributed by atoms with Crippen molar-refractivity contribution in [3.63, 3.8) is 0 Å². The van der Waals surface area contributed by atoms with Crippen molar-refractivity contribution in [2.45, 2.75) is 64.3 Å². The van der Waals surface area contributed by atoms with Gasteiger partial charge in [-0.05, 0) is 32.1 Å². The fourth-order valence-corrected chi connectivity index (χ4v) is 3.81. The molecule has 0 spiro atoms. The van der Waals surface area contributed by atoms with E-state index in [9.17, 15) is 26.4 Å². The van der Waals surface area contributed by atoms with E-state index in [4.69, 9.17) is 0 Å². The van der Waals surface area contributed by atoms with Crippen LogP contribution < -0.4 is 4.72 Å². The molecule has 21 heavy (non-hydrogen) atoms. The number of halogens is 3. The predicted octanol–water partition coefficient (Wildman–Crippen LogP) is 2.99. The maximum Gasteiger partial charge on any atom is 0.391 e. The molecule has 0 aromatic heterocycles. The minimum Gasteiger partial charge on any atom is -0.273 e. The Kier molecular flexibility index (Phi) is 5.34. The molecule has 4 nitrogen and oxygen atoms in total. The molecule has 0 aliphatic heterocycles. The van der Waals surface area contributed by atoms with Crippen molar-refractivity contribution in [3.05, 3.63) is 0 Å². The summed E-state index contributed by atoms with van der Waals surface area (Å²) in [4.78, 5) is 11.9. The van der Waals surface area contributed by atoms with Crippen molar-refractivity contribution < 1.29 is 26.4 Å². The van der Waals surface area contributed by atoms with Gasteiger partial charge in [0.25, 0.3) is 0 Å². The third-order valence-corrected chi connectivity index (χ3v) is 6.13. The number of hydrogen-bond donors (Lipinski definition) is 1. The molecule has 0 heterocycles. The summed E-state index contributed by atoms with van der Waals surface area (Å²) < 4.78 is 63.9. The fraction of sp³-hybridized carbons (Fsp3) is 0.923. The third-order valence-electron chi connectivity index (χ3n) is 4.31. The number of amides is 1. The van der Waals surface area contributed by atoms with Crippen molar-refractivity contribution in [1.82, 2.24) is 4.72 Å². The summed E-state index contributed by atoms with van der Waals surface area (Å²) in [5.41, 5.74) is -0.823. The Balaban J connectivity index is 2.68. The number of hydrogen-bond acceptors (Lipinski definition) is 3. The molecule has 1 fully saturated rings. The van der Waals surface area contributed by atoms with Crippen LogP contribution in [-0.2, 0) is 14.8 Å². The Hall–Kier alpha value is -0.790. The summed E-state index contributed by atoms with van der Waals surface area (Å²) >= 11 is 0. The fourth-order valence-electron chi connectivity index (χ4n) is 2.21. The number of rotatable bonds is 4. The van der Waals surface area contributed by atoms with Gasteiger partial charge < -0.3 is 0 Å². The van der Waals surface area contributed by atoms with Crippen LogP contribution in [0.3, 0.4) is 0 Å². The van der Waals surface area contributed by atoms with Crippen molar-refractivity contribution in [3.8, 4) is 0 Å². The second-order valence-electron chi connectivity index (χ2n) is 6.23. The molecule has 1 N–H and O–H groups in total. The molecular weight excluding hydrogens is 307 g/mol. The summed E-state index contributed by atoms with van der Waals surface area (Å²) in [6.07, 6.45) is -4.36. The van der Waals surface area contributed by atoms with Gasteiger partial charge >= 0.3 is 6.18 Å². The lowest BCUT2D eigenvalue weighted by Gasteiger charge is -2.30. The molecule has 1 aliphatic rings. The van der Waals surface area contributed by atoms with Gasteiger partial charge in [0.05, 0.1) is 11.2 Å². The van der Waals surface area contributed by atoms with E-state index in [2.05, 4.69) is 0 Å². The molecule has 0 bridgehead atoms. The number of alkyl halides is 3. The molecule has 0 atom stereocenters. The molecule has 1 aliphatic carbocycles. The first-order valence-corrected chi connectivity index (χ1v) is 8.57. The molecule has 0 saturated heterocycles. The van der Waals surface area contributed by atoms with Gasteiger partial charge in [-0.25, -0.2) is 8.42 Å². The number of carbonyl (C=O) groups is 1. The van der Waals surface area contributed by atoms with Crippen LogP contribution in [0, 0.1) is 11.3 Å². The van der Waals surface area contributed by atoms with Gasteiger partial charge in [-0.1, -0.05) is 20.8 Å². The van der Waals surface area contributed by atoms with Crippen molar-refractivity contribution in [2.24, 2.45) is 11.3 Å². The zero-order valence-electron chi connectivity index (χ0n) is 12.5. The quantitative estimate of drug-likeness (QED) is 0.862. The normalized spacial score (nSPS) is 24.7. The molecule has 0 aromatic rings. The second-order valence-corrected chi connectivity index (χ2v) is 8.19. The summed E-state index contributed by atoms with van der Waals surface area (Å²) in [6, 6.07) is 0. The topological polar surface area (TPSA) is 63.2 Å². The first kappa shape index (κ1) is 18.3. The van der Waals surface area contributed by atoms with E-state index in [1.807, 2.05) is 4.72 Å². The van der Waals surface area contributed by atoms with Gasteiger partial charge in [0.2, 0.25) is 15.9 Å². The monoisotopic (exact) mass is 329 g/mol. The van der Waals surface area contributed by atoms with Crippen LogP contribution in [0.1, 0.15) is 52.9 Å². The van der Waals surface area contributed by atoms with Gasteiger partial charge in [-0.2, -0.15) is 13.2 Å². The third kappa shape index (κ3) is 4.59. The van der Waals surface area contributed by atoms with Crippen LogP contribution in [0.4, 0.5) is 13.2 Å². The zero-order valence-corrected chi connectivity index (χ0v) is 13.3. The average Bonchev–Trinajstić information content (AvgIpc) is 2.37. The van der Waals surface area contributed by atoms with E-state index in [-0.39, 0.29) is 25.7 Å². The van der Waals surface area contributed by atoms with Crippen LogP contribution in [0.5, 0.6) is 0 Å². The first-order chi connectivity index (χ1) is 9.40. The predicted molar refractivity (Wildman–Crippen MR) is 72.9 cm³/mol. The highest BCUT2D eigenvalue weighted by Crippen LogP contribution is 2.39. The molecule has 0 unspecified atom stereocenters. The van der Waals surface area contributed by atoms with Gasteiger partial charge in [0.1, 0.15) is 0 Å². The maximum atomic E-state index is 12.6. The molecule has 1 rings (SSSR count). The Bertz CT molecular complexity index is 477. The Morgan fingerprint density at radius 2 is 1.62 bits per heavy atom. The molecule has 124 valence electrons. The summed E-state index contributed by atoms with van der Waals surface area (Å²) in [5.74, 6) is -2.05. The van der Waals surface area contributed by atoms with Gasteiger partial charge in [0.15, 0.2) is 0 Å². The van der Waals surface area contributed by atoms with Crippen LogP contribution >= 0.6 is 0 Å². The molecule has 8 heteroatoms. The minimum absolute atomic E-state index is 0.0701. The lowest BCUT2D eigenvalue weighted by atomic mass is 9.88. The van der Waals surface area contributed by atoms with Gasteiger partial charge in [-0.15, -0.1) is 0 Å². The van der Waals surface area contributed by atoms with E-state index >= 15 is 0 Å². The molecule has 1 saturated carbocycles. The Morgan fingerprint density at radius 1 is 1.14 bits per heavy atom. The first-order valence-electron chi connectivity index (χ1n) is 7.03. The Morgan fingerprint density at radius 3 is 2.00 bits per heavy atom. The summed E-state index contributed by atoms with van der Waals surface area (Å²) in [6.45, 7) is 5.01. The number of sulfonamides is 1. The van der Waals surface area contributed by atoms with Crippen molar-refractivity contribution in [2.75, 3.05) is 0 Å². The van der Waals surface area contributed by atoms with E-state index < -0.39 is 38.7 Å². The maximum absolute atomic E-state index is 12.6. The highest BCUT2D eigenvalue weighted by atomic mass is 32.2. The summed E-state index contributed by atoms with van der Waals surface area (Å²) in [5, 5.41) is -0.923. The highest BCUT2D eigenvalue weighted by molar-refractivity contribution is 7.90. The SMILES string of the molecule is CCC(C)(C)C(=O)NS(=O)(=O)C1CCC(C(F)(F)F)CC1.